The minimum absolute atomic E-state index is 0.0450. The monoisotopic (exact) mass is 358 g/mol. The Hall–Kier alpha value is -2.25. The van der Waals surface area contributed by atoms with Crippen LogP contribution in [0, 0.1) is 6.92 Å². The van der Waals surface area contributed by atoms with E-state index in [0.717, 1.165) is 11.3 Å². The van der Waals surface area contributed by atoms with Crippen molar-refractivity contribution in [3.63, 3.8) is 0 Å². The normalized spacial score (nSPS) is 15.5. The maximum atomic E-state index is 12.2. The average molecular weight is 358 g/mol. The molecular weight excluding hydrogens is 336 g/mol. The molecule has 0 saturated carbocycles. The number of anilines is 1. The van der Waals surface area contributed by atoms with Gasteiger partial charge in [-0.1, -0.05) is 29.8 Å². The van der Waals surface area contributed by atoms with Crippen LogP contribution in [0.15, 0.2) is 30.5 Å². The highest BCUT2D eigenvalue weighted by Crippen LogP contribution is 2.21. The van der Waals surface area contributed by atoms with Gasteiger partial charge in [-0.15, -0.1) is 11.3 Å². The Labute approximate surface area is 151 Å². The molecule has 2 amide bonds. The van der Waals surface area contributed by atoms with Gasteiger partial charge in [0.2, 0.25) is 11.8 Å². The molecule has 1 aliphatic heterocycles. The maximum Gasteiger partial charge on any atom is 0.240 e. The Morgan fingerprint density at radius 2 is 2.28 bits per heavy atom. The topological polar surface area (TPSA) is 74.3 Å². The van der Waals surface area contributed by atoms with Crippen molar-refractivity contribution in [2.45, 2.75) is 19.8 Å². The third-order valence-corrected chi connectivity index (χ3v) is 4.95. The summed E-state index contributed by atoms with van der Waals surface area (Å²) < 4.78 is 0. The smallest absolute Gasteiger partial charge is 0.240 e. The van der Waals surface area contributed by atoms with E-state index in [2.05, 4.69) is 46.8 Å². The molecule has 0 atom stereocenters. The van der Waals surface area contributed by atoms with Gasteiger partial charge in [-0.3, -0.25) is 14.5 Å². The van der Waals surface area contributed by atoms with Crippen molar-refractivity contribution < 1.29 is 9.59 Å². The van der Waals surface area contributed by atoms with Gasteiger partial charge in [0, 0.05) is 43.5 Å². The molecule has 1 saturated heterocycles. The van der Waals surface area contributed by atoms with E-state index in [4.69, 9.17) is 0 Å². The number of carbonyl (C=O) groups excluding carboxylic acids is 2. The van der Waals surface area contributed by atoms with Crippen LogP contribution in [-0.2, 0) is 16.0 Å². The molecule has 0 spiro atoms. The Balaban J connectivity index is 1.52. The Morgan fingerprint density at radius 3 is 3.12 bits per heavy atom. The van der Waals surface area contributed by atoms with Crippen LogP contribution >= 0.6 is 11.3 Å². The number of nitrogens with one attached hydrogen (secondary N) is 2. The van der Waals surface area contributed by atoms with Gasteiger partial charge < -0.3 is 10.6 Å². The minimum Gasteiger partial charge on any atom is -0.355 e. The fourth-order valence-corrected chi connectivity index (χ4v) is 3.67. The summed E-state index contributed by atoms with van der Waals surface area (Å²) in [5.41, 5.74) is 2.48. The van der Waals surface area contributed by atoms with E-state index in [9.17, 15) is 9.59 Å². The van der Waals surface area contributed by atoms with Crippen LogP contribution in [0.1, 0.15) is 22.4 Å². The van der Waals surface area contributed by atoms with E-state index < -0.39 is 0 Å². The summed E-state index contributed by atoms with van der Waals surface area (Å²) in [5.74, 6) is -0.0468. The van der Waals surface area contributed by atoms with Gasteiger partial charge in [-0.2, -0.15) is 0 Å². The van der Waals surface area contributed by atoms with E-state index in [1.807, 2.05) is 11.1 Å². The third-order valence-electron chi connectivity index (χ3n) is 4.03. The first kappa shape index (κ1) is 17.6. The standard InChI is InChI=1S/C18H22N4O2S/c1-13-3-2-4-14(9-13)10-15-11-20-18(25-15)21-17(24)12-22-7-5-16(23)19-6-8-22/h2-4,9,11H,5-8,10,12H2,1H3,(H,19,23)(H,20,21,24). The molecule has 6 nitrogen and oxygen atoms in total. The van der Waals surface area contributed by atoms with Crippen molar-refractivity contribution in [2.24, 2.45) is 0 Å². The van der Waals surface area contributed by atoms with Crippen LogP contribution in [0.5, 0.6) is 0 Å². The minimum atomic E-state index is -0.0918. The molecule has 7 heteroatoms. The second-order valence-corrected chi connectivity index (χ2v) is 7.34. The molecule has 1 aliphatic rings. The van der Waals surface area contributed by atoms with E-state index in [1.54, 1.807) is 0 Å². The van der Waals surface area contributed by atoms with Gasteiger partial charge in [0.1, 0.15) is 0 Å². The lowest BCUT2D eigenvalue weighted by molar-refractivity contribution is -0.121. The lowest BCUT2D eigenvalue weighted by Crippen LogP contribution is -2.35. The van der Waals surface area contributed by atoms with Crippen LogP contribution in [-0.4, -0.2) is 47.9 Å². The van der Waals surface area contributed by atoms with Crippen molar-refractivity contribution in [3.05, 3.63) is 46.5 Å². The zero-order valence-corrected chi connectivity index (χ0v) is 15.1. The molecule has 132 valence electrons. The first-order chi connectivity index (χ1) is 12.1. The third kappa shape index (κ3) is 5.37. The number of nitrogens with zero attached hydrogens (tertiary/aromatic N) is 2. The molecule has 2 aromatic rings. The molecule has 0 bridgehead atoms. The lowest BCUT2D eigenvalue weighted by atomic mass is 10.1. The van der Waals surface area contributed by atoms with Gasteiger partial charge in [-0.25, -0.2) is 4.98 Å². The number of carbonyl (C=O) groups is 2. The molecule has 0 aliphatic carbocycles. The average Bonchev–Trinajstić information content (AvgIpc) is 2.88. The van der Waals surface area contributed by atoms with Crippen molar-refractivity contribution >= 4 is 28.3 Å². The van der Waals surface area contributed by atoms with Crippen molar-refractivity contribution in [3.8, 4) is 0 Å². The van der Waals surface area contributed by atoms with Crippen molar-refractivity contribution in [2.75, 3.05) is 31.5 Å². The lowest BCUT2D eigenvalue weighted by Gasteiger charge is -2.17. The second kappa shape index (κ2) is 8.22. The predicted octanol–water partition coefficient (Wildman–Crippen LogP) is 1.80. The van der Waals surface area contributed by atoms with Gasteiger partial charge in [-0.05, 0) is 12.5 Å². The van der Waals surface area contributed by atoms with Crippen LogP contribution < -0.4 is 10.6 Å². The first-order valence-electron chi connectivity index (χ1n) is 8.37. The number of benzene rings is 1. The second-order valence-electron chi connectivity index (χ2n) is 6.22. The number of thiazole rings is 1. The first-order valence-corrected chi connectivity index (χ1v) is 9.19. The van der Waals surface area contributed by atoms with Crippen LogP contribution in [0.25, 0.3) is 0 Å². The highest BCUT2D eigenvalue weighted by molar-refractivity contribution is 7.15. The molecule has 1 aromatic carbocycles. The van der Waals surface area contributed by atoms with Gasteiger partial charge >= 0.3 is 0 Å². The number of hydrogen-bond donors (Lipinski definition) is 2. The summed E-state index contributed by atoms with van der Waals surface area (Å²) in [5, 5.41) is 6.29. The highest BCUT2D eigenvalue weighted by atomic mass is 32.1. The summed E-state index contributed by atoms with van der Waals surface area (Å²) in [4.78, 5) is 30.9. The molecular formula is C18H22N4O2S. The molecule has 1 aromatic heterocycles. The molecule has 25 heavy (non-hydrogen) atoms. The molecule has 3 rings (SSSR count). The van der Waals surface area contributed by atoms with Crippen LogP contribution in [0.2, 0.25) is 0 Å². The van der Waals surface area contributed by atoms with Gasteiger partial charge in [0.25, 0.3) is 0 Å². The molecule has 0 radical (unpaired) electrons. The summed E-state index contributed by atoms with van der Waals surface area (Å²) >= 11 is 1.50. The maximum absolute atomic E-state index is 12.2. The number of aromatic nitrogens is 1. The van der Waals surface area contributed by atoms with Crippen molar-refractivity contribution in [1.82, 2.24) is 15.2 Å². The van der Waals surface area contributed by atoms with E-state index in [0.29, 0.717) is 31.2 Å². The zero-order chi connectivity index (χ0) is 17.6. The van der Waals surface area contributed by atoms with E-state index in [-0.39, 0.29) is 18.4 Å². The Morgan fingerprint density at radius 1 is 1.40 bits per heavy atom. The fraction of sp³-hybridized carbons (Fsp3) is 0.389. The number of rotatable bonds is 5. The number of aryl methyl sites for hydroxylation is 1. The molecule has 2 heterocycles. The quantitative estimate of drug-likeness (QED) is 0.855. The molecule has 1 fully saturated rings. The highest BCUT2D eigenvalue weighted by Gasteiger charge is 2.16. The summed E-state index contributed by atoms with van der Waals surface area (Å²) in [6.07, 6.45) is 3.07. The van der Waals surface area contributed by atoms with Crippen molar-refractivity contribution in [1.29, 1.82) is 0 Å². The number of hydrogen-bond acceptors (Lipinski definition) is 5. The fourth-order valence-electron chi connectivity index (χ4n) is 2.80. The molecule has 0 unspecified atom stereocenters. The zero-order valence-electron chi connectivity index (χ0n) is 14.2. The van der Waals surface area contributed by atoms with E-state index >= 15 is 0 Å². The Bertz CT molecular complexity index is 759. The number of amides is 2. The van der Waals surface area contributed by atoms with Crippen LogP contribution in [0.3, 0.4) is 0 Å². The van der Waals surface area contributed by atoms with Gasteiger partial charge in [0.05, 0.1) is 6.54 Å². The Kier molecular flexibility index (Phi) is 5.78. The van der Waals surface area contributed by atoms with Crippen LogP contribution in [0.4, 0.5) is 5.13 Å². The summed E-state index contributed by atoms with van der Waals surface area (Å²) in [7, 11) is 0. The summed E-state index contributed by atoms with van der Waals surface area (Å²) in [6, 6.07) is 8.38. The predicted molar refractivity (Wildman–Crippen MR) is 98.8 cm³/mol. The van der Waals surface area contributed by atoms with E-state index in [1.165, 1.54) is 22.5 Å². The summed E-state index contributed by atoms with van der Waals surface area (Å²) in [6.45, 7) is 4.24. The SMILES string of the molecule is Cc1cccc(Cc2cnc(NC(=O)CN3CCNC(=O)CC3)s2)c1. The largest absolute Gasteiger partial charge is 0.355 e. The van der Waals surface area contributed by atoms with Gasteiger partial charge in [0.15, 0.2) is 5.13 Å². The molecule has 2 N–H and O–H groups in total.